The van der Waals surface area contributed by atoms with Gasteiger partial charge in [-0.05, 0) is 24.3 Å². The molecule has 0 N–H and O–H groups in total. The van der Waals surface area contributed by atoms with E-state index in [9.17, 15) is 31.5 Å². The Kier molecular flexibility index (Phi) is 6.66. The van der Waals surface area contributed by atoms with Gasteiger partial charge in [-0.15, -0.1) is 0 Å². The average Bonchev–Trinajstić information content (AvgIpc) is 3.44. The van der Waals surface area contributed by atoms with Crippen molar-refractivity contribution >= 4 is 22.8 Å². The van der Waals surface area contributed by atoms with Crippen LogP contribution in [0.15, 0.2) is 71.5 Å². The first-order chi connectivity index (χ1) is 18.5. The maximum atomic E-state index is 15.0. The molecule has 1 saturated heterocycles. The molecule has 1 fully saturated rings. The Hall–Kier alpha value is -4.55. The third-order valence-electron chi connectivity index (χ3n) is 6.02. The fraction of sp³-hybridized carbons (Fsp3) is 0.231. The number of hydrogen-bond acceptors (Lipinski definition) is 7. The summed E-state index contributed by atoms with van der Waals surface area (Å²) in [5.74, 6) is -8.04. The van der Waals surface area contributed by atoms with Crippen molar-refractivity contribution in [1.29, 1.82) is 0 Å². The van der Waals surface area contributed by atoms with Gasteiger partial charge >= 0.3 is 12.1 Å². The highest BCUT2D eigenvalue weighted by molar-refractivity contribution is 6.00. The van der Waals surface area contributed by atoms with Crippen molar-refractivity contribution in [3.05, 3.63) is 72.6 Å². The van der Waals surface area contributed by atoms with Crippen molar-refractivity contribution in [2.24, 2.45) is 0 Å². The molecule has 0 bridgehead atoms. The molecular formula is C26H18F5N3O5. The van der Waals surface area contributed by atoms with Crippen LogP contribution in [0.2, 0.25) is 0 Å². The second-order valence-electron chi connectivity index (χ2n) is 8.62. The van der Waals surface area contributed by atoms with Gasteiger partial charge in [0.25, 0.3) is 17.7 Å². The average molecular weight is 547 g/mol. The third-order valence-corrected chi connectivity index (χ3v) is 6.02. The van der Waals surface area contributed by atoms with Crippen LogP contribution >= 0.6 is 0 Å². The number of para-hydroxylation sites is 1. The summed E-state index contributed by atoms with van der Waals surface area (Å²) in [7, 11) is 0. The summed E-state index contributed by atoms with van der Waals surface area (Å²) in [6.07, 6.45) is -5.45. The van der Waals surface area contributed by atoms with Crippen LogP contribution in [0, 0.1) is 0 Å². The van der Waals surface area contributed by atoms with Gasteiger partial charge in [-0.25, -0.2) is 23.5 Å². The summed E-state index contributed by atoms with van der Waals surface area (Å²) in [5.41, 5.74) is 0.693. The lowest BCUT2D eigenvalue weighted by atomic mass is 10.0. The summed E-state index contributed by atoms with van der Waals surface area (Å²) in [6.45, 7) is -0.959. The molecule has 1 aliphatic rings. The van der Waals surface area contributed by atoms with E-state index in [2.05, 4.69) is 14.7 Å². The predicted molar refractivity (Wildman–Crippen MR) is 125 cm³/mol. The number of nitrogens with zero attached hydrogens (tertiary/aromatic N) is 3. The normalized spacial score (nSPS) is 17.2. The third kappa shape index (κ3) is 5.38. The number of pyridine rings is 1. The summed E-state index contributed by atoms with van der Waals surface area (Å²) in [5, 5.41) is 0.283. The smallest absolute Gasteiger partial charge is 0.463 e. The summed E-state index contributed by atoms with van der Waals surface area (Å²) in [4.78, 5) is 34.1. The summed E-state index contributed by atoms with van der Waals surface area (Å²) < 4.78 is 83.8. The number of alkyl halides is 5. The number of hydrogen-bond donors (Lipinski definition) is 0. The molecule has 0 aliphatic carbocycles. The van der Waals surface area contributed by atoms with Crippen molar-refractivity contribution in [2.45, 2.75) is 24.6 Å². The highest BCUT2D eigenvalue weighted by Gasteiger charge is 2.48. The van der Waals surface area contributed by atoms with Gasteiger partial charge in [0.15, 0.2) is 11.9 Å². The molecule has 0 saturated carbocycles. The number of carbonyl (C=O) groups excluding carboxylic acids is 2. The highest BCUT2D eigenvalue weighted by atomic mass is 19.4. The fourth-order valence-corrected chi connectivity index (χ4v) is 4.09. The first-order valence-electron chi connectivity index (χ1n) is 11.5. The Morgan fingerprint density at radius 1 is 1.08 bits per heavy atom. The number of piperidine rings is 1. The highest BCUT2D eigenvalue weighted by Crippen LogP contribution is 2.37. The van der Waals surface area contributed by atoms with Gasteiger partial charge in [0.2, 0.25) is 5.89 Å². The van der Waals surface area contributed by atoms with Crippen molar-refractivity contribution in [1.82, 2.24) is 14.9 Å². The van der Waals surface area contributed by atoms with Crippen molar-refractivity contribution in [2.75, 3.05) is 13.1 Å². The number of benzene rings is 2. The molecule has 13 heteroatoms. The second kappa shape index (κ2) is 9.97. The monoisotopic (exact) mass is 547 g/mol. The van der Waals surface area contributed by atoms with E-state index in [4.69, 9.17) is 9.15 Å². The van der Waals surface area contributed by atoms with Crippen molar-refractivity contribution < 1.29 is 45.4 Å². The number of oxazole rings is 1. The number of likely N-dealkylation sites (tertiary alicyclic amines) is 1. The van der Waals surface area contributed by atoms with Gasteiger partial charge in [-0.1, -0.05) is 30.3 Å². The Balaban J connectivity index is 1.45. The molecule has 3 heterocycles. The van der Waals surface area contributed by atoms with Crippen LogP contribution < -0.4 is 9.47 Å². The maximum Gasteiger partial charge on any atom is 0.491 e. The van der Waals surface area contributed by atoms with Gasteiger partial charge in [-0.3, -0.25) is 4.79 Å². The van der Waals surface area contributed by atoms with E-state index in [0.29, 0.717) is 5.56 Å². The molecule has 1 atom stereocenters. The van der Waals surface area contributed by atoms with E-state index in [1.54, 1.807) is 30.3 Å². The molecule has 1 amide bonds. The Bertz CT molecular complexity index is 1520. The van der Waals surface area contributed by atoms with Gasteiger partial charge in [0.05, 0.1) is 23.8 Å². The lowest BCUT2D eigenvalue weighted by Crippen LogP contribution is -2.55. The van der Waals surface area contributed by atoms with Crippen molar-refractivity contribution in [3.63, 3.8) is 0 Å². The van der Waals surface area contributed by atoms with Crippen LogP contribution in [0.1, 0.15) is 16.8 Å². The van der Waals surface area contributed by atoms with E-state index in [-0.39, 0.29) is 28.9 Å². The van der Waals surface area contributed by atoms with E-state index in [1.807, 2.05) is 0 Å². The number of aromatic nitrogens is 2. The van der Waals surface area contributed by atoms with Crippen LogP contribution in [-0.4, -0.2) is 58.0 Å². The van der Waals surface area contributed by atoms with E-state index >= 15 is 0 Å². The van der Waals surface area contributed by atoms with Gasteiger partial charge in [0.1, 0.15) is 6.26 Å². The molecule has 39 heavy (non-hydrogen) atoms. The van der Waals surface area contributed by atoms with Gasteiger partial charge in [0, 0.05) is 23.9 Å². The minimum Gasteiger partial charge on any atom is -0.463 e. The first kappa shape index (κ1) is 26.1. The summed E-state index contributed by atoms with van der Waals surface area (Å²) in [6, 6.07) is 13.5. The zero-order valence-corrected chi connectivity index (χ0v) is 19.8. The van der Waals surface area contributed by atoms with Crippen LogP contribution in [0.5, 0.6) is 11.6 Å². The maximum absolute atomic E-state index is 15.0. The Labute approximate surface area is 217 Å². The number of halogens is 5. The largest absolute Gasteiger partial charge is 0.491 e. The molecule has 8 nitrogen and oxygen atoms in total. The fourth-order valence-electron chi connectivity index (χ4n) is 4.09. The number of amides is 1. The molecule has 2 aromatic carbocycles. The molecule has 4 aromatic rings. The lowest BCUT2D eigenvalue weighted by molar-refractivity contribution is -0.190. The minimum absolute atomic E-state index is 0.146. The zero-order chi connectivity index (χ0) is 27.8. The molecule has 2 aromatic heterocycles. The van der Waals surface area contributed by atoms with Crippen LogP contribution in [-0.2, 0) is 4.79 Å². The Morgan fingerprint density at radius 2 is 1.82 bits per heavy atom. The van der Waals surface area contributed by atoms with E-state index < -0.39 is 54.7 Å². The van der Waals surface area contributed by atoms with Gasteiger partial charge < -0.3 is 18.8 Å². The summed E-state index contributed by atoms with van der Waals surface area (Å²) >= 11 is 0. The number of ether oxygens (including phenoxy) is 2. The first-order valence-corrected chi connectivity index (χ1v) is 11.5. The predicted octanol–water partition coefficient (Wildman–Crippen LogP) is 5.29. The van der Waals surface area contributed by atoms with Crippen molar-refractivity contribution in [3.8, 4) is 23.1 Å². The number of esters is 1. The van der Waals surface area contributed by atoms with E-state index in [0.717, 1.165) is 11.0 Å². The molecule has 1 unspecified atom stereocenters. The minimum atomic E-state index is -5.35. The topological polar surface area (TPSA) is 94.8 Å². The van der Waals surface area contributed by atoms with Gasteiger partial charge in [-0.2, -0.15) is 13.2 Å². The molecule has 0 radical (unpaired) electrons. The Morgan fingerprint density at radius 3 is 2.56 bits per heavy atom. The van der Waals surface area contributed by atoms with Crippen LogP contribution in [0.4, 0.5) is 22.0 Å². The lowest BCUT2D eigenvalue weighted by Gasteiger charge is -2.38. The molecule has 5 rings (SSSR count). The molecule has 1 aliphatic heterocycles. The van der Waals surface area contributed by atoms with Crippen LogP contribution in [0.3, 0.4) is 0 Å². The molecule has 0 spiro atoms. The SMILES string of the molecule is O=C(c1ccccc1-c1ncco1)N1CCC(F)(F)C(Oc2nc3ccccc3cc2OC(=O)C(F)(F)F)C1. The number of carbonyl (C=O) groups is 2. The molecular weight excluding hydrogens is 529 g/mol. The standard InChI is InChI=1S/C26H18F5N3O5/c27-25(28)9-11-34(23(35)17-7-3-2-6-16(17)21-32-10-12-37-21)14-20(25)39-22-19(38-24(36)26(29,30)31)13-15-5-1-4-8-18(15)33-22/h1-8,10,12-13,20H,9,11,14H2. The number of rotatable bonds is 5. The number of fused-ring (bicyclic) bond motifs is 1. The molecule has 202 valence electrons. The second-order valence-corrected chi connectivity index (χ2v) is 8.62. The zero-order valence-electron chi connectivity index (χ0n) is 19.8. The quantitative estimate of drug-likeness (QED) is 0.248. The van der Waals surface area contributed by atoms with Crippen LogP contribution in [0.25, 0.3) is 22.4 Å². The van der Waals surface area contributed by atoms with E-state index in [1.165, 1.54) is 30.7 Å².